The number of rotatable bonds is 2. The van der Waals surface area contributed by atoms with E-state index in [2.05, 4.69) is 15.9 Å². The standard InChI is InChI=1S/C12H16N6O3S/c1-2-21-12(20)18-11(22)17-7-13-8(9(17)14-15-18)10(19)16-5-3-4-6-16/h7,14-15H,2-6H2,1H3. The van der Waals surface area contributed by atoms with Gasteiger partial charge in [-0.2, -0.15) is 5.01 Å². The average Bonchev–Trinajstić information content (AvgIpc) is 3.17. The van der Waals surface area contributed by atoms with Crippen LogP contribution >= 0.6 is 12.2 Å². The minimum absolute atomic E-state index is 0.139. The first-order valence-electron chi connectivity index (χ1n) is 7.03. The van der Waals surface area contributed by atoms with Gasteiger partial charge in [-0.3, -0.25) is 14.8 Å². The summed E-state index contributed by atoms with van der Waals surface area (Å²) in [7, 11) is 0. The normalized spacial score (nSPS) is 17.2. The Morgan fingerprint density at radius 1 is 1.41 bits per heavy atom. The highest BCUT2D eigenvalue weighted by atomic mass is 32.1. The molecule has 1 aromatic rings. The highest BCUT2D eigenvalue weighted by Gasteiger charge is 2.32. The number of nitrogens with one attached hydrogen (secondary N) is 2. The zero-order chi connectivity index (χ0) is 15.7. The Bertz CT molecular complexity index is 624. The fourth-order valence-corrected chi connectivity index (χ4v) is 2.67. The third-order valence-corrected chi connectivity index (χ3v) is 3.88. The van der Waals surface area contributed by atoms with Gasteiger partial charge < -0.3 is 9.64 Å². The van der Waals surface area contributed by atoms with E-state index in [4.69, 9.17) is 17.0 Å². The molecule has 3 heterocycles. The van der Waals surface area contributed by atoms with Crippen LogP contribution in [0, 0.1) is 0 Å². The first-order valence-corrected chi connectivity index (χ1v) is 7.43. The maximum absolute atomic E-state index is 12.4. The number of hydrogen-bond acceptors (Lipinski definition) is 7. The molecule has 3 rings (SSSR count). The van der Waals surface area contributed by atoms with Crippen LogP contribution in [-0.2, 0) is 4.74 Å². The summed E-state index contributed by atoms with van der Waals surface area (Å²) in [6.45, 7) is 3.40. The van der Waals surface area contributed by atoms with E-state index < -0.39 is 6.09 Å². The molecule has 22 heavy (non-hydrogen) atoms. The van der Waals surface area contributed by atoms with Crippen molar-refractivity contribution in [1.29, 1.82) is 0 Å². The Balaban J connectivity index is 1.83. The number of imidazole rings is 1. The lowest BCUT2D eigenvalue weighted by atomic mass is 10.3. The number of amides is 2. The van der Waals surface area contributed by atoms with Crippen LogP contribution in [0.15, 0.2) is 6.33 Å². The number of hydrazine groups is 2. The van der Waals surface area contributed by atoms with E-state index >= 15 is 0 Å². The molecular formula is C12H16N6O3S. The van der Waals surface area contributed by atoms with Gasteiger partial charge in [0.25, 0.3) is 5.91 Å². The van der Waals surface area contributed by atoms with Crippen LogP contribution in [0.4, 0.5) is 10.6 Å². The molecule has 0 unspecified atom stereocenters. The number of aromatic nitrogens is 2. The van der Waals surface area contributed by atoms with Crippen molar-refractivity contribution in [3.05, 3.63) is 12.0 Å². The third-order valence-electron chi connectivity index (χ3n) is 3.50. The van der Waals surface area contributed by atoms with Gasteiger partial charge in [-0.05, 0) is 32.0 Å². The summed E-state index contributed by atoms with van der Waals surface area (Å²) in [5, 5.41) is 1.18. The van der Waals surface area contributed by atoms with Crippen LogP contribution in [0.25, 0.3) is 0 Å². The van der Waals surface area contributed by atoms with Gasteiger partial charge >= 0.3 is 6.09 Å². The summed E-state index contributed by atoms with van der Waals surface area (Å²) >= 11 is 5.23. The maximum atomic E-state index is 12.4. The van der Waals surface area contributed by atoms with Crippen molar-refractivity contribution in [3.63, 3.8) is 0 Å². The van der Waals surface area contributed by atoms with E-state index in [-0.39, 0.29) is 23.3 Å². The molecule has 1 saturated heterocycles. The fourth-order valence-electron chi connectivity index (χ4n) is 2.42. The molecule has 0 atom stereocenters. The molecule has 1 fully saturated rings. The lowest BCUT2D eigenvalue weighted by Gasteiger charge is -2.29. The van der Waals surface area contributed by atoms with Crippen LogP contribution in [0.3, 0.4) is 0 Å². The minimum Gasteiger partial charge on any atom is -0.448 e. The molecule has 2 amide bonds. The SMILES string of the molecule is CCOC(=O)N1NNc2c(C(=O)N3CCCC3)ncn2C1=S. The maximum Gasteiger partial charge on any atom is 0.432 e. The van der Waals surface area contributed by atoms with Crippen molar-refractivity contribution < 1.29 is 14.3 Å². The summed E-state index contributed by atoms with van der Waals surface area (Å²) < 4.78 is 6.35. The third kappa shape index (κ3) is 2.40. The van der Waals surface area contributed by atoms with Gasteiger partial charge in [0.1, 0.15) is 6.33 Å². The van der Waals surface area contributed by atoms with Gasteiger partial charge in [0, 0.05) is 13.1 Å². The summed E-state index contributed by atoms with van der Waals surface area (Å²) in [5.74, 6) is 0.274. The van der Waals surface area contributed by atoms with Crippen molar-refractivity contribution >= 4 is 35.1 Å². The van der Waals surface area contributed by atoms with Crippen molar-refractivity contribution in [2.75, 3.05) is 25.1 Å². The molecule has 2 aliphatic rings. The van der Waals surface area contributed by atoms with Crippen molar-refractivity contribution in [2.45, 2.75) is 19.8 Å². The number of nitrogens with zero attached hydrogens (tertiary/aromatic N) is 4. The van der Waals surface area contributed by atoms with Crippen LogP contribution in [0.5, 0.6) is 0 Å². The summed E-state index contributed by atoms with van der Waals surface area (Å²) in [6, 6.07) is 0. The quantitative estimate of drug-likeness (QED) is 0.768. The van der Waals surface area contributed by atoms with E-state index in [9.17, 15) is 9.59 Å². The number of hydrogen-bond donors (Lipinski definition) is 2. The lowest BCUT2D eigenvalue weighted by molar-refractivity contribution is 0.0788. The van der Waals surface area contributed by atoms with Gasteiger partial charge in [0.2, 0.25) is 5.11 Å². The minimum atomic E-state index is -0.633. The molecule has 0 aromatic carbocycles. The molecule has 118 valence electrons. The van der Waals surface area contributed by atoms with E-state index in [1.54, 1.807) is 11.8 Å². The largest absolute Gasteiger partial charge is 0.448 e. The molecule has 0 aliphatic carbocycles. The summed E-state index contributed by atoms with van der Waals surface area (Å²) in [5.41, 5.74) is 5.67. The number of fused-ring (bicyclic) bond motifs is 1. The highest BCUT2D eigenvalue weighted by molar-refractivity contribution is 7.80. The van der Waals surface area contributed by atoms with E-state index in [1.165, 1.54) is 10.9 Å². The molecule has 9 nitrogen and oxygen atoms in total. The number of ether oxygens (including phenoxy) is 1. The predicted octanol–water partition coefficient (Wildman–Crippen LogP) is 0.556. The lowest BCUT2D eigenvalue weighted by Crippen LogP contribution is -2.55. The molecule has 0 saturated carbocycles. The van der Waals surface area contributed by atoms with E-state index in [0.29, 0.717) is 5.82 Å². The van der Waals surface area contributed by atoms with Gasteiger partial charge in [-0.1, -0.05) is 0 Å². The Hall–Kier alpha value is -2.20. The van der Waals surface area contributed by atoms with Gasteiger partial charge in [0.05, 0.1) is 6.61 Å². The monoisotopic (exact) mass is 324 g/mol. The molecular weight excluding hydrogens is 308 g/mol. The molecule has 1 aromatic heterocycles. The van der Waals surface area contributed by atoms with Gasteiger partial charge in [-0.25, -0.2) is 9.78 Å². The second-order valence-electron chi connectivity index (χ2n) is 4.86. The van der Waals surface area contributed by atoms with E-state index in [0.717, 1.165) is 30.9 Å². The number of thiocarbonyl (C=S) groups is 1. The van der Waals surface area contributed by atoms with Crippen LogP contribution in [0.2, 0.25) is 0 Å². The summed E-state index contributed by atoms with van der Waals surface area (Å²) in [6.07, 6.45) is 2.79. The van der Waals surface area contributed by atoms with Crippen LogP contribution in [0.1, 0.15) is 30.3 Å². The first kappa shape index (κ1) is 14.7. The van der Waals surface area contributed by atoms with Crippen LogP contribution in [-0.4, -0.2) is 56.3 Å². The molecule has 2 N–H and O–H groups in total. The van der Waals surface area contributed by atoms with Crippen molar-refractivity contribution in [2.24, 2.45) is 0 Å². The van der Waals surface area contributed by atoms with Gasteiger partial charge in [-0.15, -0.1) is 5.53 Å². The van der Waals surface area contributed by atoms with Crippen LogP contribution < -0.4 is 11.0 Å². The van der Waals surface area contributed by atoms with E-state index in [1.807, 2.05) is 0 Å². The number of anilines is 1. The molecule has 10 heteroatoms. The number of carbonyl (C=O) groups excluding carboxylic acids is 2. The topological polar surface area (TPSA) is 91.7 Å². The first-order chi connectivity index (χ1) is 10.6. The highest BCUT2D eigenvalue weighted by Crippen LogP contribution is 2.21. The summed E-state index contributed by atoms with van der Waals surface area (Å²) in [4.78, 5) is 30.1. The van der Waals surface area contributed by atoms with Crippen molar-refractivity contribution in [3.8, 4) is 0 Å². The molecule has 0 bridgehead atoms. The molecule has 0 radical (unpaired) electrons. The second kappa shape index (κ2) is 5.89. The van der Waals surface area contributed by atoms with Gasteiger partial charge in [0.15, 0.2) is 11.5 Å². The predicted molar refractivity (Wildman–Crippen MR) is 81.0 cm³/mol. The Morgan fingerprint density at radius 2 is 2.14 bits per heavy atom. The zero-order valence-electron chi connectivity index (χ0n) is 12.0. The smallest absolute Gasteiger partial charge is 0.432 e. The average molecular weight is 324 g/mol. The molecule has 0 spiro atoms. The Morgan fingerprint density at radius 3 is 2.82 bits per heavy atom. The Kier molecular flexibility index (Phi) is 3.94. The molecule has 2 aliphatic heterocycles. The zero-order valence-corrected chi connectivity index (χ0v) is 12.9. The van der Waals surface area contributed by atoms with Crippen molar-refractivity contribution in [1.82, 2.24) is 25.0 Å². The Labute approximate surface area is 132 Å². The fraction of sp³-hybridized carbons (Fsp3) is 0.500. The number of likely N-dealkylation sites (tertiary alicyclic amines) is 1. The number of carbonyl (C=O) groups is 2. The second-order valence-corrected chi connectivity index (χ2v) is 5.23.